The molecule has 0 aliphatic carbocycles. The van der Waals surface area contributed by atoms with Crippen LogP contribution in [-0.2, 0) is 0 Å². The molecule has 0 radical (unpaired) electrons. The van der Waals surface area contributed by atoms with E-state index in [4.69, 9.17) is 24.4 Å². The Morgan fingerprint density at radius 1 is 0.407 bits per heavy atom. The van der Waals surface area contributed by atoms with E-state index in [0.717, 1.165) is 66.0 Å². The summed E-state index contributed by atoms with van der Waals surface area (Å²) < 4.78 is 9.01. The monoisotopic (exact) mass is 756 g/mol. The number of benzene rings is 8. The van der Waals surface area contributed by atoms with Gasteiger partial charge in [0.1, 0.15) is 0 Å². The number of hydrogen-bond donors (Lipinski definition) is 0. The van der Waals surface area contributed by atoms with Crippen LogP contribution in [0.4, 0.5) is 0 Å². The summed E-state index contributed by atoms with van der Waals surface area (Å²) in [5, 5.41) is 7.01. The summed E-state index contributed by atoms with van der Waals surface area (Å²) in [4.78, 5) is 20.6. The molecular weight excluding hydrogens is 728 g/mol. The van der Waals surface area contributed by atoms with E-state index in [1.54, 1.807) is 0 Å². The molecule has 0 unspecified atom stereocenters. The van der Waals surface area contributed by atoms with E-state index in [2.05, 4.69) is 115 Å². The topological polar surface area (TPSA) is 64.7 Å². The van der Waals surface area contributed by atoms with Crippen molar-refractivity contribution in [3.8, 4) is 56.7 Å². The average molecular weight is 756 g/mol. The van der Waals surface area contributed by atoms with Gasteiger partial charge in [-0.25, -0.2) is 4.98 Å². The van der Waals surface area contributed by atoms with E-state index in [9.17, 15) is 0 Å². The van der Waals surface area contributed by atoms with Crippen LogP contribution in [0.5, 0.6) is 0 Å². The third kappa shape index (κ3) is 5.07. The second kappa shape index (κ2) is 12.5. The number of hydrogen-bond acceptors (Lipinski definition) is 5. The van der Waals surface area contributed by atoms with Gasteiger partial charge in [0.05, 0.1) is 0 Å². The number of rotatable bonds is 5. The summed E-state index contributed by atoms with van der Waals surface area (Å²) in [5.74, 6) is 2.59. The van der Waals surface area contributed by atoms with Crippen molar-refractivity contribution < 1.29 is 4.42 Å². The molecule has 0 aliphatic heterocycles. The molecule has 6 heteroatoms. The van der Waals surface area contributed by atoms with Crippen molar-refractivity contribution in [2.45, 2.75) is 0 Å². The quantitative estimate of drug-likeness (QED) is 0.129. The van der Waals surface area contributed by atoms with E-state index in [0.29, 0.717) is 23.4 Å². The molecule has 0 aliphatic rings. The van der Waals surface area contributed by atoms with Crippen LogP contribution >= 0.6 is 0 Å². The van der Waals surface area contributed by atoms with Gasteiger partial charge in [-0.05, 0) is 18.2 Å². The Morgan fingerprint density at radius 3 is 1.89 bits per heavy atom. The molecule has 0 atom stereocenters. The molecule has 0 fully saturated rings. The van der Waals surface area contributed by atoms with Crippen LogP contribution in [0, 0.1) is 0 Å². The molecule has 11 rings (SSSR count). The Balaban J connectivity index is 1.12. The molecule has 0 bridgehead atoms. The fraction of sp³-hybridized carbons (Fsp3) is 0. The Labute approximate surface area is 316 Å². The van der Waals surface area contributed by atoms with Gasteiger partial charge in [0.15, 0.2) is 5.58 Å². The maximum atomic E-state index is 6.31. The Morgan fingerprint density at radius 2 is 1.04 bits per heavy atom. The predicted octanol–water partition coefficient (Wildman–Crippen LogP) is 12.0. The van der Waals surface area contributed by atoms with Crippen LogP contribution in [0.1, 0.15) is 0 Å². The third-order valence-corrected chi connectivity index (χ3v) is 12.7. The molecule has 0 N–H and O–H groups in total. The number of oxazole rings is 1. The summed E-state index contributed by atoms with van der Waals surface area (Å²) in [7, 11) is 0. The second-order valence-corrected chi connectivity index (χ2v) is 15.6. The molecule has 0 saturated carbocycles. The van der Waals surface area contributed by atoms with Crippen LogP contribution in [0.15, 0.2) is 174 Å². The van der Waals surface area contributed by atoms with Gasteiger partial charge in [0, 0.05) is 5.56 Å². The fourth-order valence-corrected chi connectivity index (χ4v) is 10.1. The van der Waals surface area contributed by atoms with Crippen molar-refractivity contribution in [3.63, 3.8) is 0 Å². The van der Waals surface area contributed by atoms with Gasteiger partial charge in [0.2, 0.25) is 5.89 Å². The number of aromatic nitrogens is 4. The van der Waals surface area contributed by atoms with Gasteiger partial charge in [0.25, 0.3) is 0 Å². The second-order valence-electron chi connectivity index (χ2n) is 13.4. The van der Waals surface area contributed by atoms with Gasteiger partial charge in [-0.1, -0.05) is 30.3 Å². The molecule has 0 spiro atoms. The zero-order valence-corrected chi connectivity index (χ0v) is 30.5. The Bertz CT molecular complexity index is 3220. The minimum absolute atomic E-state index is 0.144. The van der Waals surface area contributed by atoms with E-state index < -0.39 is 0 Å². The molecule has 0 amide bonds. The SMILES string of the molecule is c1ccc(-c2nc(-c3ccccc3-c3ccc4ccc5ccc6oc(-c7ccccc7)nc6c5c4c3)nc(-c3cccc4c3[se]c3ccccc34)n2)cc1. The normalized spacial score (nSPS) is 11.7. The van der Waals surface area contributed by atoms with Gasteiger partial charge in [-0.15, -0.1) is 0 Å². The third-order valence-electron chi connectivity index (χ3n) is 10.2. The summed E-state index contributed by atoms with van der Waals surface area (Å²) in [5.41, 5.74) is 7.64. The van der Waals surface area contributed by atoms with Gasteiger partial charge < -0.3 is 4.42 Å². The predicted molar refractivity (Wildman–Crippen MR) is 222 cm³/mol. The molecule has 252 valence electrons. The fourth-order valence-electron chi connectivity index (χ4n) is 7.59. The van der Waals surface area contributed by atoms with E-state index in [-0.39, 0.29) is 14.5 Å². The zero-order chi connectivity index (χ0) is 35.6. The Hall–Kier alpha value is -6.72. The molecule has 3 heterocycles. The maximum absolute atomic E-state index is 6.31. The van der Waals surface area contributed by atoms with Gasteiger partial charge >= 0.3 is 242 Å². The molecule has 11 aromatic rings. The van der Waals surface area contributed by atoms with Crippen molar-refractivity contribution >= 4 is 66.4 Å². The van der Waals surface area contributed by atoms with Crippen molar-refractivity contribution in [1.29, 1.82) is 0 Å². The Kier molecular flexibility index (Phi) is 7.12. The number of nitrogens with zero attached hydrogens (tertiary/aromatic N) is 4. The average Bonchev–Trinajstić information content (AvgIpc) is 3.86. The molecule has 5 nitrogen and oxygen atoms in total. The van der Waals surface area contributed by atoms with Crippen molar-refractivity contribution in [2.24, 2.45) is 0 Å². The standard InChI is InChI=1S/C48H28N4OSe/c1-3-12-31(13-4-1)45-50-46(52-47(51-45)38-20-11-19-36-35-17-9-10-21-41(35)54-44(36)38)37-18-8-7-16-34(37)33-25-23-29-22-24-30-26-27-40-43(42(30)39(29)28-33)49-48(53-40)32-14-5-2-6-15-32/h1-28H. The van der Waals surface area contributed by atoms with E-state index in [1.807, 2.05) is 54.6 Å². The van der Waals surface area contributed by atoms with Crippen molar-refractivity contribution in [2.75, 3.05) is 0 Å². The zero-order valence-electron chi connectivity index (χ0n) is 28.8. The first-order chi connectivity index (χ1) is 26.7. The first-order valence-electron chi connectivity index (χ1n) is 17.9. The molecular formula is C48H28N4OSe. The summed E-state index contributed by atoms with van der Waals surface area (Å²) in [6.45, 7) is 0. The van der Waals surface area contributed by atoms with Gasteiger partial charge in [-0.3, -0.25) is 0 Å². The van der Waals surface area contributed by atoms with Crippen LogP contribution in [0.3, 0.4) is 0 Å². The first kappa shape index (κ1) is 30.9. The summed E-state index contributed by atoms with van der Waals surface area (Å²) in [6, 6.07) is 59.1. The molecule has 8 aromatic carbocycles. The van der Waals surface area contributed by atoms with Crippen LogP contribution in [0.2, 0.25) is 0 Å². The minimum atomic E-state index is 0.144. The van der Waals surface area contributed by atoms with Crippen LogP contribution < -0.4 is 0 Å². The molecule has 3 aromatic heterocycles. The molecule has 0 saturated heterocycles. The van der Waals surface area contributed by atoms with Crippen molar-refractivity contribution in [1.82, 2.24) is 19.9 Å². The van der Waals surface area contributed by atoms with E-state index in [1.165, 1.54) is 19.3 Å². The van der Waals surface area contributed by atoms with Gasteiger partial charge in [-0.2, -0.15) is 0 Å². The number of fused-ring (bicyclic) bond motifs is 8. The summed E-state index contributed by atoms with van der Waals surface area (Å²) in [6.07, 6.45) is 0. The first-order valence-corrected chi connectivity index (χ1v) is 19.6. The van der Waals surface area contributed by atoms with Crippen LogP contribution in [0.25, 0.3) is 109 Å². The van der Waals surface area contributed by atoms with Crippen molar-refractivity contribution in [3.05, 3.63) is 170 Å². The molecule has 54 heavy (non-hydrogen) atoms. The summed E-state index contributed by atoms with van der Waals surface area (Å²) >= 11 is 0.144. The van der Waals surface area contributed by atoms with E-state index >= 15 is 0 Å². The van der Waals surface area contributed by atoms with Crippen LogP contribution in [-0.4, -0.2) is 34.4 Å².